The van der Waals surface area contributed by atoms with Crippen molar-refractivity contribution in [3.63, 3.8) is 0 Å². The van der Waals surface area contributed by atoms with Gasteiger partial charge in [-0.15, -0.1) is 0 Å². The van der Waals surface area contributed by atoms with E-state index in [1.54, 1.807) is 14.2 Å². The summed E-state index contributed by atoms with van der Waals surface area (Å²) in [7, 11) is 5.32. The van der Waals surface area contributed by atoms with Crippen LogP contribution >= 0.6 is 0 Å². The molecule has 2 aromatic rings. The fourth-order valence-corrected chi connectivity index (χ4v) is 3.97. The van der Waals surface area contributed by atoms with Crippen LogP contribution in [0.5, 0.6) is 11.5 Å². The van der Waals surface area contributed by atoms with Crippen molar-refractivity contribution < 1.29 is 14.3 Å². The summed E-state index contributed by atoms with van der Waals surface area (Å²) in [4.78, 5) is 15.2. The highest BCUT2D eigenvalue weighted by Crippen LogP contribution is 2.32. The molecule has 0 spiro atoms. The number of carbonyl (C=O) groups is 1. The lowest BCUT2D eigenvalue weighted by molar-refractivity contribution is -0.133. The van der Waals surface area contributed by atoms with Gasteiger partial charge in [-0.3, -0.25) is 4.79 Å². The number of methoxy groups -OCH3 is 2. The Labute approximate surface area is 161 Å². The van der Waals surface area contributed by atoms with Gasteiger partial charge in [0.15, 0.2) is 11.5 Å². The standard InChI is InChI=1S/C22H30N2O3/c1-23-14-7-9-18(23)19-8-5-4-6-15-24(19)22(25)13-11-17-10-12-20(26-2)21(16-17)27-3/h7,9-10,12,14,16,19H,4-6,8,11,13,15H2,1-3H3/t19-/m0/s1. The Hall–Kier alpha value is -2.43. The highest BCUT2D eigenvalue weighted by Gasteiger charge is 2.27. The van der Waals surface area contributed by atoms with E-state index in [-0.39, 0.29) is 11.9 Å². The van der Waals surface area contributed by atoms with Crippen molar-refractivity contribution in [1.29, 1.82) is 0 Å². The Bertz CT molecular complexity index is 769. The summed E-state index contributed by atoms with van der Waals surface area (Å²) in [5, 5.41) is 0. The summed E-state index contributed by atoms with van der Waals surface area (Å²) < 4.78 is 12.8. The molecule has 27 heavy (non-hydrogen) atoms. The van der Waals surface area contributed by atoms with E-state index in [0.717, 1.165) is 24.9 Å². The first-order chi connectivity index (χ1) is 13.1. The predicted molar refractivity (Wildman–Crippen MR) is 106 cm³/mol. The van der Waals surface area contributed by atoms with Gasteiger partial charge in [0, 0.05) is 31.9 Å². The van der Waals surface area contributed by atoms with E-state index in [9.17, 15) is 4.79 Å². The molecule has 0 N–H and O–H groups in total. The largest absolute Gasteiger partial charge is 0.493 e. The van der Waals surface area contributed by atoms with E-state index < -0.39 is 0 Å². The van der Waals surface area contributed by atoms with Crippen LogP contribution < -0.4 is 9.47 Å². The number of hydrogen-bond acceptors (Lipinski definition) is 3. The lowest BCUT2D eigenvalue weighted by Gasteiger charge is -2.31. The quantitative estimate of drug-likeness (QED) is 0.768. The zero-order valence-corrected chi connectivity index (χ0v) is 16.6. The van der Waals surface area contributed by atoms with Gasteiger partial charge >= 0.3 is 0 Å². The summed E-state index contributed by atoms with van der Waals surface area (Å²) in [5.41, 5.74) is 2.32. The average molecular weight is 370 g/mol. The Morgan fingerprint density at radius 2 is 1.93 bits per heavy atom. The molecule has 0 bridgehead atoms. The number of benzene rings is 1. The highest BCUT2D eigenvalue weighted by molar-refractivity contribution is 5.77. The second-order valence-electron chi connectivity index (χ2n) is 7.19. The number of carbonyl (C=O) groups excluding carboxylic acids is 1. The van der Waals surface area contributed by atoms with Gasteiger partial charge in [0.1, 0.15) is 0 Å². The van der Waals surface area contributed by atoms with Gasteiger partial charge in [0.05, 0.1) is 20.3 Å². The van der Waals surface area contributed by atoms with Crippen molar-refractivity contribution in [1.82, 2.24) is 9.47 Å². The molecular formula is C22H30N2O3. The Kier molecular flexibility index (Phi) is 6.43. The zero-order chi connectivity index (χ0) is 19.2. The van der Waals surface area contributed by atoms with E-state index in [4.69, 9.17) is 9.47 Å². The number of nitrogens with zero attached hydrogens (tertiary/aromatic N) is 2. The van der Waals surface area contributed by atoms with Crippen molar-refractivity contribution >= 4 is 5.91 Å². The molecule has 0 saturated carbocycles. The molecule has 0 radical (unpaired) electrons. The van der Waals surface area contributed by atoms with E-state index in [1.807, 2.05) is 18.2 Å². The van der Waals surface area contributed by atoms with Crippen LogP contribution in [0.1, 0.15) is 49.4 Å². The summed E-state index contributed by atoms with van der Waals surface area (Å²) >= 11 is 0. The Morgan fingerprint density at radius 1 is 1.11 bits per heavy atom. The summed E-state index contributed by atoms with van der Waals surface area (Å²) in [5.74, 6) is 1.65. The van der Waals surface area contributed by atoms with Crippen LogP contribution in [-0.4, -0.2) is 36.1 Å². The minimum atomic E-state index is 0.186. The fraction of sp³-hybridized carbons (Fsp3) is 0.500. The van der Waals surface area contributed by atoms with Crippen molar-refractivity contribution in [2.24, 2.45) is 7.05 Å². The van der Waals surface area contributed by atoms with Gasteiger partial charge < -0.3 is 18.9 Å². The molecule has 0 aliphatic carbocycles. The lowest BCUT2D eigenvalue weighted by atomic mass is 10.0. The second-order valence-corrected chi connectivity index (χ2v) is 7.19. The molecule has 1 aromatic carbocycles. The van der Waals surface area contributed by atoms with Gasteiger partial charge in [0.2, 0.25) is 5.91 Å². The number of aryl methyl sites for hydroxylation is 2. The van der Waals surface area contributed by atoms with Crippen LogP contribution in [0.3, 0.4) is 0 Å². The summed E-state index contributed by atoms with van der Waals surface area (Å²) in [6.07, 6.45) is 7.77. The van der Waals surface area contributed by atoms with Crippen molar-refractivity contribution in [2.45, 2.75) is 44.6 Å². The van der Waals surface area contributed by atoms with Gasteiger partial charge in [0.25, 0.3) is 0 Å². The molecule has 1 fully saturated rings. The van der Waals surface area contributed by atoms with Gasteiger partial charge in [-0.25, -0.2) is 0 Å². The van der Waals surface area contributed by atoms with E-state index in [1.165, 1.54) is 18.5 Å². The number of hydrogen-bond donors (Lipinski definition) is 0. The first kappa shape index (κ1) is 19.3. The van der Waals surface area contributed by atoms with E-state index in [0.29, 0.717) is 24.3 Å². The Morgan fingerprint density at radius 3 is 2.63 bits per heavy atom. The number of likely N-dealkylation sites (tertiary alicyclic amines) is 1. The van der Waals surface area contributed by atoms with Gasteiger partial charge in [-0.1, -0.05) is 18.9 Å². The first-order valence-electron chi connectivity index (χ1n) is 9.75. The van der Waals surface area contributed by atoms with Crippen LogP contribution in [0, 0.1) is 0 Å². The summed E-state index contributed by atoms with van der Waals surface area (Å²) in [6, 6.07) is 10.3. The number of rotatable bonds is 6. The maximum atomic E-state index is 13.1. The highest BCUT2D eigenvalue weighted by atomic mass is 16.5. The third kappa shape index (κ3) is 4.46. The molecule has 1 aromatic heterocycles. The molecular weight excluding hydrogens is 340 g/mol. The SMILES string of the molecule is COc1ccc(CCC(=O)N2CCCCC[C@H]2c2cccn2C)cc1OC. The van der Waals surface area contributed by atoms with Crippen LogP contribution in [0.4, 0.5) is 0 Å². The Balaban J connectivity index is 1.70. The van der Waals surface area contributed by atoms with Crippen LogP contribution in [-0.2, 0) is 18.3 Å². The topological polar surface area (TPSA) is 43.7 Å². The fourth-order valence-electron chi connectivity index (χ4n) is 3.97. The maximum Gasteiger partial charge on any atom is 0.223 e. The van der Waals surface area contributed by atoms with Crippen LogP contribution in [0.25, 0.3) is 0 Å². The third-order valence-corrected chi connectivity index (χ3v) is 5.47. The number of aromatic nitrogens is 1. The predicted octanol–water partition coefficient (Wildman–Crippen LogP) is 4.12. The molecule has 1 saturated heterocycles. The minimum absolute atomic E-state index is 0.186. The molecule has 1 aliphatic heterocycles. The first-order valence-corrected chi connectivity index (χ1v) is 9.75. The van der Waals surface area contributed by atoms with Crippen molar-refractivity contribution in [3.8, 4) is 11.5 Å². The molecule has 3 rings (SSSR count). The molecule has 1 atom stereocenters. The van der Waals surface area contributed by atoms with E-state index in [2.05, 4.69) is 34.8 Å². The lowest BCUT2D eigenvalue weighted by Crippen LogP contribution is -2.35. The molecule has 5 nitrogen and oxygen atoms in total. The molecule has 1 aliphatic rings. The molecule has 146 valence electrons. The van der Waals surface area contributed by atoms with Crippen LogP contribution in [0.2, 0.25) is 0 Å². The van der Waals surface area contributed by atoms with Crippen molar-refractivity contribution in [3.05, 3.63) is 47.8 Å². The monoisotopic (exact) mass is 370 g/mol. The molecule has 1 amide bonds. The summed E-state index contributed by atoms with van der Waals surface area (Å²) in [6.45, 7) is 0.848. The van der Waals surface area contributed by atoms with Gasteiger partial charge in [-0.2, -0.15) is 0 Å². The molecule has 5 heteroatoms. The smallest absolute Gasteiger partial charge is 0.223 e. The molecule has 0 unspecified atom stereocenters. The maximum absolute atomic E-state index is 13.1. The number of amides is 1. The minimum Gasteiger partial charge on any atom is -0.493 e. The second kappa shape index (κ2) is 8.98. The third-order valence-electron chi connectivity index (χ3n) is 5.47. The molecule has 2 heterocycles. The number of ether oxygens (including phenoxy) is 2. The average Bonchev–Trinajstić information content (AvgIpc) is 2.97. The van der Waals surface area contributed by atoms with E-state index >= 15 is 0 Å². The van der Waals surface area contributed by atoms with Crippen LogP contribution in [0.15, 0.2) is 36.5 Å². The zero-order valence-electron chi connectivity index (χ0n) is 16.6. The van der Waals surface area contributed by atoms with Gasteiger partial charge in [-0.05, 0) is 49.1 Å². The van der Waals surface area contributed by atoms with Crippen molar-refractivity contribution in [2.75, 3.05) is 20.8 Å². The normalized spacial score (nSPS) is 17.4.